The van der Waals surface area contributed by atoms with E-state index in [-0.39, 0.29) is 18.5 Å². The monoisotopic (exact) mass is 347 g/mol. The summed E-state index contributed by atoms with van der Waals surface area (Å²) in [5.74, 6) is -0.237. The highest BCUT2D eigenvalue weighted by atomic mass is 32.1. The lowest BCUT2D eigenvalue weighted by molar-refractivity contribution is -0.118. The van der Waals surface area contributed by atoms with Gasteiger partial charge in [0.2, 0.25) is 5.91 Å². The maximum Gasteiger partial charge on any atom is 0.252 e. The van der Waals surface area contributed by atoms with Gasteiger partial charge in [-0.2, -0.15) is 11.3 Å². The minimum Gasteiger partial charge on any atom is -0.368 e. The summed E-state index contributed by atoms with van der Waals surface area (Å²) in [6.07, 6.45) is 7.36. The van der Waals surface area contributed by atoms with Crippen molar-refractivity contribution in [2.45, 2.75) is 44.7 Å². The molecule has 24 heavy (non-hydrogen) atoms. The van der Waals surface area contributed by atoms with Crippen LogP contribution in [0.1, 0.15) is 54.2 Å². The first-order valence-corrected chi connectivity index (χ1v) is 9.09. The minimum absolute atomic E-state index is 0.0110. The first-order chi connectivity index (χ1) is 11.6. The number of nitrogens with two attached hydrogens (primary N) is 1. The third-order valence-corrected chi connectivity index (χ3v) is 5.07. The summed E-state index contributed by atoms with van der Waals surface area (Å²) in [7, 11) is 0. The van der Waals surface area contributed by atoms with Crippen LogP contribution < -0.4 is 11.1 Å². The number of rotatable bonds is 6. The van der Waals surface area contributed by atoms with Gasteiger partial charge in [-0.1, -0.05) is 24.5 Å². The number of carbonyl (C=O) groups excluding carboxylic acids is 2. The van der Waals surface area contributed by atoms with E-state index in [2.05, 4.69) is 15.6 Å². The maximum atomic E-state index is 12.5. The van der Waals surface area contributed by atoms with Crippen LogP contribution in [0, 0.1) is 5.92 Å². The number of carbonyl (C=O) groups is 2. The number of nitrogens with zero attached hydrogens (tertiary/aromatic N) is 3. The van der Waals surface area contributed by atoms with Gasteiger partial charge in [0.05, 0.1) is 17.8 Å². The number of aromatic nitrogens is 3. The normalized spacial score (nSPS) is 16.7. The molecular formula is C16H21N5O2S. The van der Waals surface area contributed by atoms with Crippen LogP contribution in [0.3, 0.4) is 0 Å². The molecule has 8 heteroatoms. The third-order valence-electron chi connectivity index (χ3n) is 4.38. The molecule has 2 aromatic heterocycles. The molecule has 0 aliphatic heterocycles. The van der Waals surface area contributed by atoms with E-state index in [4.69, 9.17) is 5.73 Å². The Kier molecular flexibility index (Phi) is 5.24. The van der Waals surface area contributed by atoms with Gasteiger partial charge in [0.1, 0.15) is 12.2 Å². The molecule has 2 amide bonds. The Hall–Kier alpha value is -2.22. The van der Waals surface area contributed by atoms with Gasteiger partial charge < -0.3 is 11.1 Å². The molecule has 1 aliphatic rings. The van der Waals surface area contributed by atoms with Gasteiger partial charge >= 0.3 is 0 Å². The van der Waals surface area contributed by atoms with E-state index in [9.17, 15) is 9.59 Å². The Morgan fingerprint density at radius 2 is 2.17 bits per heavy atom. The molecule has 7 nitrogen and oxygen atoms in total. The highest BCUT2D eigenvalue weighted by Crippen LogP contribution is 2.34. The van der Waals surface area contributed by atoms with E-state index in [1.54, 1.807) is 6.20 Å². The van der Waals surface area contributed by atoms with Crippen molar-refractivity contribution in [2.75, 3.05) is 0 Å². The van der Waals surface area contributed by atoms with Gasteiger partial charge in [-0.25, -0.2) is 4.68 Å². The first-order valence-electron chi connectivity index (χ1n) is 8.15. The lowest BCUT2D eigenvalue weighted by atomic mass is 9.82. The molecule has 128 valence electrons. The van der Waals surface area contributed by atoms with Crippen molar-refractivity contribution in [3.05, 3.63) is 34.3 Å². The second-order valence-electron chi connectivity index (χ2n) is 6.17. The van der Waals surface area contributed by atoms with Gasteiger partial charge in [0.15, 0.2) is 0 Å². The van der Waals surface area contributed by atoms with Gasteiger partial charge in [0, 0.05) is 5.38 Å². The lowest BCUT2D eigenvalue weighted by Gasteiger charge is -2.29. The average Bonchev–Trinajstić information content (AvgIpc) is 3.24. The average molecular weight is 347 g/mol. The van der Waals surface area contributed by atoms with Crippen LogP contribution in [-0.4, -0.2) is 26.8 Å². The fourth-order valence-corrected chi connectivity index (χ4v) is 3.85. The van der Waals surface area contributed by atoms with Crippen LogP contribution in [0.2, 0.25) is 0 Å². The Labute approximate surface area is 144 Å². The number of thiophene rings is 1. The Morgan fingerprint density at radius 3 is 2.83 bits per heavy atom. The summed E-state index contributed by atoms with van der Waals surface area (Å²) >= 11 is 1.49. The molecule has 2 aromatic rings. The molecule has 1 atom stereocenters. The van der Waals surface area contributed by atoms with Crippen LogP contribution in [0.5, 0.6) is 0 Å². The van der Waals surface area contributed by atoms with Crippen molar-refractivity contribution in [2.24, 2.45) is 11.7 Å². The predicted molar refractivity (Wildman–Crippen MR) is 90.3 cm³/mol. The van der Waals surface area contributed by atoms with Crippen LogP contribution in [-0.2, 0) is 11.3 Å². The number of amides is 2. The van der Waals surface area contributed by atoms with Gasteiger partial charge in [-0.3, -0.25) is 9.59 Å². The Morgan fingerprint density at radius 1 is 1.38 bits per heavy atom. The van der Waals surface area contributed by atoms with Crippen LogP contribution in [0.4, 0.5) is 0 Å². The topological polar surface area (TPSA) is 103 Å². The Bertz CT molecular complexity index is 691. The largest absolute Gasteiger partial charge is 0.368 e. The van der Waals surface area contributed by atoms with E-state index >= 15 is 0 Å². The number of hydrogen-bond acceptors (Lipinski definition) is 5. The maximum absolute atomic E-state index is 12.5. The summed E-state index contributed by atoms with van der Waals surface area (Å²) < 4.78 is 1.42. The quantitative estimate of drug-likeness (QED) is 0.832. The molecule has 1 fully saturated rings. The smallest absolute Gasteiger partial charge is 0.252 e. The molecule has 0 unspecified atom stereocenters. The summed E-state index contributed by atoms with van der Waals surface area (Å²) in [5.41, 5.74) is 6.55. The second kappa shape index (κ2) is 7.57. The summed E-state index contributed by atoms with van der Waals surface area (Å²) in [4.78, 5) is 23.5. The molecule has 0 aromatic carbocycles. The van der Waals surface area contributed by atoms with Crippen molar-refractivity contribution in [3.63, 3.8) is 0 Å². The minimum atomic E-state index is -0.469. The lowest BCUT2D eigenvalue weighted by Crippen LogP contribution is -2.34. The molecule has 2 heterocycles. The molecule has 3 rings (SSSR count). The zero-order valence-electron chi connectivity index (χ0n) is 13.4. The van der Waals surface area contributed by atoms with Gasteiger partial charge in [0.25, 0.3) is 5.91 Å². The van der Waals surface area contributed by atoms with E-state index in [1.165, 1.54) is 22.4 Å². The van der Waals surface area contributed by atoms with E-state index in [0.29, 0.717) is 17.2 Å². The molecule has 1 saturated carbocycles. The second-order valence-corrected chi connectivity index (χ2v) is 6.95. The molecular weight excluding hydrogens is 326 g/mol. The van der Waals surface area contributed by atoms with Crippen molar-refractivity contribution in [1.29, 1.82) is 0 Å². The molecule has 0 bridgehead atoms. The van der Waals surface area contributed by atoms with Crippen molar-refractivity contribution in [1.82, 2.24) is 20.3 Å². The zero-order chi connectivity index (χ0) is 16.9. The summed E-state index contributed by atoms with van der Waals surface area (Å²) in [6, 6.07) is 1.61. The first kappa shape index (κ1) is 16.6. The Balaban J connectivity index is 1.79. The van der Waals surface area contributed by atoms with Crippen LogP contribution in [0.15, 0.2) is 23.0 Å². The molecule has 3 N–H and O–H groups in total. The van der Waals surface area contributed by atoms with Crippen molar-refractivity contribution in [3.8, 4) is 0 Å². The fourth-order valence-electron chi connectivity index (χ4n) is 3.21. The van der Waals surface area contributed by atoms with E-state index in [1.807, 2.05) is 16.8 Å². The summed E-state index contributed by atoms with van der Waals surface area (Å²) in [5, 5.41) is 15.0. The molecule has 0 spiro atoms. The standard InChI is InChI=1S/C16H21N5O2S/c17-14(22)9-21-8-13(19-20-21)15(11-4-2-1-3-5-11)18-16(23)12-6-7-24-10-12/h6-8,10-11,15H,1-5,9H2,(H2,17,22)(H,18,23)/t15-/m0/s1. The predicted octanol–water partition coefficient (Wildman–Crippen LogP) is 1.88. The molecule has 0 radical (unpaired) electrons. The SMILES string of the molecule is NC(=O)Cn1cc([C@@H](NC(=O)c2ccsc2)C2CCCCC2)nn1. The van der Waals surface area contributed by atoms with Gasteiger partial charge in [-0.05, 0) is 30.2 Å². The molecule has 1 aliphatic carbocycles. The van der Waals surface area contributed by atoms with E-state index < -0.39 is 5.91 Å². The molecule has 0 saturated heterocycles. The number of primary amides is 1. The zero-order valence-corrected chi connectivity index (χ0v) is 14.2. The third kappa shape index (κ3) is 4.00. The van der Waals surface area contributed by atoms with Crippen LogP contribution >= 0.6 is 11.3 Å². The summed E-state index contributed by atoms with van der Waals surface area (Å²) in [6.45, 7) is -0.0110. The van der Waals surface area contributed by atoms with Crippen molar-refractivity contribution < 1.29 is 9.59 Å². The number of nitrogens with one attached hydrogen (secondary N) is 1. The highest BCUT2D eigenvalue weighted by molar-refractivity contribution is 7.08. The van der Waals surface area contributed by atoms with Gasteiger partial charge in [-0.15, -0.1) is 5.10 Å². The van der Waals surface area contributed by atoms with Crippen molar-refractivity contribution >= 4 is 23.2 Å². The van der Waals surface area contributed by atoms with Crippen LogP contribution in [0.25, 0.3) is 0 Å². The highest BCUT2D eigenvalue weighted by Gasteiger charge is 2.29. The number of hydrogen-bond donors (Lipinski definition) is 2. The fraction of sp³-hybridized carbons (Fsp3) is 0.500. The van der Waals surface area contributed by atoms with E-state index in [0.717, 1.165) is 25.7 Å².